The number of anilines is 1. The van der Waals surface area contributed by atoms with Crippen LogP contribution in [0.5, 0.6) is 0 Å². The molecule has 3 aromatic rings. The molecule has 3 rings (SSSR count). The molecule has 0 saturated carbocycles. The molecule has 0 aliphatic carbocycles. The summed E-state index contributed by atoms with van der Waals surface area (Å²) in [5, 5.41) is 2.95. The van der Waals surface area contributed by atoms with E-state index in [0.29, 0.717) is 11.3 Å². The molecule has 208 valence electrons. The minimum Gasteiger partial charge on any atom is -0.352 e. The van der Waals surface area contributed by atoms with Crippen molar-refractivity contribution in [2.45, 2.75) is 64.6 Å². The van der Waals surface area contributed by atoms with Crippen LogP contribution in [0.25, 0.3) is 0 Å². The molecule has 1 N–H and O–H groups in total. The molecular weight excluding hydrogens is 578 g/mol. The lowest BCUT2D eigenvalue weighted by molar-refractivity contribution is -0.139. The van der Waals surface area contributed by atoms with Crippen molar-refractivity contribution in [3.05, 3.63) is 94.0 Å². The van der Waals surface area contributed by atoms with Gasteiger partial charge < -0.3 is 10.2 Å². The summed E-state index contributed by atoms with van der Waals surface area (Å²) in [5.41, 5.74) is 2.81. The molecule has 0 aromatic heterocycles. The lowest BCUT2D eigenvalue weighted by atomic mass is 10.1. The maximum Gasteiger partial charge on any atom is 0.264 e. The number of hydrogen-bond donors (Lipinski definition) is 1. The van der Waals surface area contributed by atoms with Gasteiger partial charge in [0.25, 0.3) is 10.0 Å². The zero-order valence-electron chi connectivity index (χ0n) is 23.0. The summed E-state index contributed by atoms with van der Waals surface area (Å²) in [7, 11) is -4.09. The molecule has 0 aliphatic rings. The molecule has 0 heterocycles. The third kappa shape index (κ3) is 7.70. The van der Waals surface area contributed by atoms with Crippen LogP contribution < -0.4 is 9.62 Å². The van der Waals surface area contributed by atoms with Gasteiger partial charge in [-0.3, -0.25) is 13.9 Å². The first-order chi connectivity index (χ1) is 18.4. The van der Waals surface area contributed by atoms with Crippen LogP contribution in [0.2, 0.25) is 0 Å². The normalized spacial score (nSPS) is 12.9. The van der Waals surface area contributed by atoms with Gasteiger partial charge in [0.1, 0.15) is 12.6 Å². The van der Waals surface area contributed by atoms with E-state index in [1.165, 1.54) is 17.0 Å². The molecule has 0 radical (unpaired) electrons. The molecule has 0 bridgehead atoms. The lowest BCUT2D eigenvalue weighted by Gasteiger charge is -2.33. The van der Waals surface area contributed by atoms with Gasteiger partial charge in [-0.05, 0) is 81.1 Å². The molecular formula is C30H36BrN3O4S. The Kier molecular flexibility index (Phi) is 10.3. The lowest BCUT2D eigenvalue weighted by Crippen LogP contribution is -2.52. The van der Waals surface area contributed by atoms with Crippen molar-refractivity contribution < 1.29 is 18.0 Å². The maximum absolute atomic E-state index is 14.0. The van der Waals surface area contributed by atoms with E-state index in [0.717, 1.165) is 26.3 Å². The number of carbonyl (C=O) groups is 2. The number of amides is 2. The number of rotatable bonds is 11. The van der Waals surface area contributed by atoms with Gasteiger partial charge in [0.05, 0.1) is 10.6 Å². The van der Waals surface area contributed by atoms with Gasteiger partial charge in [0, 0.05) is 17.1 Å². The fourth-order valence-corrected chi connectivity index (χ4v) is 6.04. The maximum atomic E-state index is 14.0. The van der Waals surface area contributed by atoms with Crippen molar-refractivity contribution in [2.75, 3.05) is 10.8 Å². The van der Waals surface area contributed by atoms with Crippen LogP contribution in [0.1, 0.15) is 43.9 Å². The van der Waals surface area contributed by atoms with Crippen LogP contribution in [0, 0.1) is 13.8 Å². The van der Waals surface area contributed by atoms with Crippen LogP contribution in [-0.4, -0.2) is 43.8 Å². The Morgan fingerprint density at radius 2 is 1.64 bits per heavy atom. The molecule has 39 heavy (non-hydrogen) atoms. The molecule has 9 heteroatoms. The zero-order valence-corrected chi connectivity index (χ0v) is 25.4. The minimum atomic E-state index is -4.09. The number of aryl methyl sites for hydroxylation is 2. The fraction of sp³-hybridized carbons (Fsp3) is 0.333. The Morgan fingerprint density at radius 1 is 0.949 bits per heavy atom. The average molecular weight is 615 g/mol. The van der Waals surface area contributed by atoms with Crippen molar-refractivity contribution in [3.8, 4) is 0 Å². The molecule has 0 saturated heterocycles. The highest BCUT2D eigenvalue weighted by Gasteiger charge is 2.33. The predicted octanol–water partition coefficient (Wildman–Crippen LogP) is 5.59. The van der Waals surface area contributed by atoms with Crippen LogP contribution in [-0.2, 0) is 26.2 Å². The number of carbonyl (C=O) groups excluding carboxylic acids is 2. The van der Waals surface area contributed by atoms with E-state index in [-0.39, 0.29) is 23.4 Å². The van der Waals surface area contributed by atoms with E-state index in [9.17, 15) is 18.0 Å². The molecule has 3 aromatic carbocycles. The summed E-state index contributed by atoms with van der Waals surface area (Å²) in [4.78, 5) is 28.7. The number of nitrogens with zero attached hydrogens (tertiary/aromatic N) is 2. The molecule has 7 nitrogen and oxygen atoms in total. The number of benzene rings is 3. The van der Waals surface area contributed by atoms with Gasteiger partial charge in [0.15, 0.2) is 0 Å². The Morgan fingerprint density at radius 3 is 2.28 bits per heavy atom. The van der Waals surface area contributed by atoms with Gasteiger partial charge in [0.2, 0.25) is 11.8 Å². The number of nitrogens with one attached hydrogen (secondary N) is 1. The standard InChI is InChI=1S/C30H36BrN3O4S/c1-6-23(4)32-30(36)24(5)33(19-25-11-10-12-26(31)18-25)29(35)20-34(28-17-21(2)15-16-22(28)3)39(37,38)27-13-8-7-9-14-27/h7-18,23-24H,6,19-20H2,1-5H3,(H,32,36). The average Bonchev–Trinajstić information content (AvgIpc) is 2.91. The molecule has 2 atom stereocenters. The summed E-state index contributed by atoms with van der Waals surface area (Å²) in [5.74, 6) is -0.779. The van der Waals surface area contributed by atoms with E-state index >= 15 is 0 Å². The van der Waals surface area contributed by atoms with E-state index in [1.54, 1.807) is 31.2 Å². The van der Waals surface area contributed by atoms with E-state index < -0.39 is 28.5 Å². The predicted molar refractivity (Wildman–Crippen MR) is 159 cm³/mol. The highest BCUT2D eigenvalue weighted by molar-refractivity contribution is 9.10. The topological polar surface area (TPSA) is 86.8 Å². The van der Waals surface area contributed by atoms with Crippen molar-refractivity contribution >= 4 is 43.5 Å². The number of halogens is 1. The molecule has 0 spiro atoms. The Balaban J connectivity index is 2.06. The quantitative estimate of drug-likeness (QED) is 0.305. The molecule has 0 aliphatic heterocycles. The Bertz CT molecular complexity index is 1410. The van der Waals surface area contributed by atoms with Crippen LogP contribution >= 0.6 is 15.9 Å². The minimum absolute atomic E-state index is 0.0623. The third-order valence-corrected chi connectivity index (χ3v) is 8.92. The first kappa shape index (κ1) is 30.4. The number of hydrogen-bond acceptors (Lipinski definition) is 4. The van der Waals surface area contributed by atoms with Crippen molar-refractivity contribution in [1.29, 1.82) is 0 Å². The highest BCUT2D eigenvalue weighted by Crippen LogP contribution is 2.28. The zero-order chi connectivity index (χ0) is 28.7. The molecule has 2 amide bonds. The van der Waals surface area contributed by atoms with Gasteiger partial charge in [-0.1, -0.05) is 65.3 Å². The summed E-state index contributed by atoms with van der Waals surface area (Å²) >= 11 is 3.46. The Labute approximate surface area is 240 Å². The first-order valence-corrected chi connectivity index (χ1v) is 15.2. The number of sulfonamides is 1. The second kappa shape index (κ2) is 13.3. The SMILES string of the molecule is CCC(C)NC(=O)C(C)N(Cc1cccc(Br)c1)C(=O)CN(c1cc(C)ccc1C)S(=O)(=O)c1ccccc1. The second-order valence-corrected chi connectivity index (χ2v) is 12.5. The van der Waals surface area contributed by atoms with Crippen LogP contribution in [0.3, 0.4) is 0 Å². The van der Waals surface area contributed by atoms with Crippen LogP contribution in [0.15, 0.2) is 82.2 Å². The van der Waals surface area contributed by atoms with Gasteiger partial charge in [-0.15, -0.1) is 0 Å². The molecule has 0 fully saturated rings. The van der Waals surface area contributed by atoms with Crippen molar-refractivity contribution in [1.82, 2.24) is 10.2 Å². The van der Waals surface area contributed by atoms with E-state index in [4.69, 9.17) is 0 Å². The summed E-state index contributed by atoms with van der Waals surface area (Å²) in [6.07, 6.45) is 0.744. The monoisotopic (exact) mass is 613 g/mol. The van der Waals surface area contributed by atoms with Gasteiger partial charge >= 0.3 is 0 Å². The summed E-state index contributed by atoms with van der Waals surface area (Å²) in [6.45, 7) is 8.90. The summed E-state index contributed by atoms with van der Waals surface area (Å²) in [6, 6.07) is 20.2. The van der Waals surface area contributed by atoms with Crippen molar-refractivity contribution in [3.63, 3.8) is 0 Å². The summed E-state index contributed by atoms with van der Waals surface area (Å²) < 4.78 is 29.8. The van der Waals surface area contributed by atoms with Gasteiger partial charge in [-0.25, -0.2) is 8.42 Å². The van der Waals surface area contributed by atoms with Gasteiger partial charge in [-0.2, -0.15) is 0 Å². The first-order valence-electron chi connectivity index (χ1n) is 12.9. The fourth-order valence-electron chi connectivity index (χ4n) is 4.10. The Hall–Kier alpha value is -3.17. The van der Waals surface area contributed by atoms with Crippen molar-refractivity contribution in [2.24, 2.45) is 0 Å². The largest absolute Gasteiger partial charge is 0.352 e. The van der Waals surface area contributed by atoms with Crippen LogP contribution in [0.4, 0.5) is 5.69 Å². The smallest absolute Gasteiger partial charge is 0.264 e. The van der Waals surface area contributed by atoms with E-state index in [1.807, 2.05) is 64.1 Å². The van der Waals surface area contributed by atoms with E-state index in [2.05, 4.69) is 21.2 Å². The second-order valence-electron chi connectivity index (χ2n) is 9.76. The highest BCUT2D eigenvalue weighted by atomic mass is 79.9. The molecule has 2 unspecified atom stereocenters. The third-order valence-electron chi connectivity index (χ3n) is 6.65.